The van der Waals surface area contributed by atoms with Crippen molar-refractivity contribution >= 4 is 16.0 Å². The summed E-state index contributed by atoms with van der Waals surface area (Å²) in [5.41, 5.74) is 1.11. The maximum Gasteiger partial charge on any atom is 0.307 e. The van der Waals surface area contributed by atoms with Gasteiger partial charge in [0.2, 0.25) is 10.0 Å². The molecule has 110 valence electrons. The molecule has 1 aliphatic rings. The fourth-order valence-corrected chi connectivity index (χ4v) is 3.91. The lowest BCUT2D eigenvalue weighted by Crippen LogP contribution is -2.30. The number of sulfonamides is 1. The van der Waals surface area contributed by atoms with Crippen molar-refractivity contribution in [3.8, 4) is 0 Å². The number of nitrogens with zero attached hydrogens (tertiary/aromatic N) is 1. The quantitative estimate of drug-likeness (QED) is 0.898. The van der Waals surface area contributed by atoms with E-state index in [9.17, 15) is 13.2 Å². The highest BCUT2D eigenvalue weighted by Gasteiger charge is 2.35. The highest BCUT2D eigenvalue weighted by atomic mass is 32.2. The SMILES string of the molecule is CCCc1ccc(S(=O)(=O)N2CCC(C(=O)O)C2)cc1. The molecule has 1 atom stereocenters. The van der Waals surface area contributed by atoms with Crippen molar-refractivity contribution < 1.29 is 18.3 Å². The molecule has 1 saturated heterocycles. The highest BCUT2D eigenvalue weighted by Crippen LogP contribution is 2.24. The molecule has 0 spiro atoms. The smallest absolute Gasteiger partial charge is 0.307 e. The number of aryl methyl sites for hydroxylation is 1. The van der Waals surface area contributed by atoms with Crippen LogP contribution in [0.1, 0.15) is 25.3 Å². The summed E-state index contributed by atoms with van der Waals surface area (Å²) in [6, 6.07) is 6.85. The second-order valence-corrected chi connectivity index (χ2v) is 7.02. The van der Waals surface area contributed by atoms with Gasteiger partial charge in [0, 0.05) is 13.1 Å². The van der Waals surface area contributed by atoms with Crippen LogP contribution in [0.3, 0.4) is 0 Å². The van der Waals surface area contributed by atoms with Crippen LogP contribution >= 0.6 is 0 Å². The van der Waals surface area contributed by atoms with Crippen molar-refractivity contribution in [3.63, 3.8) is 0 Å². The molecule has 0 radical (unpaired) electrons. The van der Waals surface area contributed by atoms with Gasteiger partial charge in [0.1, 0.15) is 0 Å². The normalized spacial score (nSPS) is 20.1. The minimum absolute atomic E-state index is 0.0639. The first kappa shape index (κ1) is 15.0. The maximum atomic E-state index is 12.4. The second kappa shape index (κ2) is 5.93. The zero-order valence-electron chi connectivity index (χ0n) is 11.4. The van der Waals surface area contributed by atoms with Gasteiger partial charge in [0.25, 0.3) is 0 Å². The number of benzene rings is 1. The molecule has 0 bridgehead atoms. The number of carbonyl (C=O) groups is 1. The molecular weight excluding hydrogens is 278 g/mol. The Morgan fingerprint density at radius 3 is 2.50 bits per heavy atom. The van der Waals surface area contributed by atoms with Crippen LogP contribution in [-0.4, -0.2) is 36.9 Å². The molecule has 1 fully saturated rings. The molecule has 1 N–H and O–H groups in total. The average Bonchev–Trinajstić information content (AvgIpc) is 2.90. The monoisotopic (exact) mass is 297 g/mol. The van der Waals surface area contributed by atoms with Crippen molar-refractivity contribution in [2.24, 2.45) is 5.92 Å². The number of carboxylic acid groups (broad SMARTS) is 1. The van der Waals surface area contributed by atoms with Crippen LogP contribution in [0.15, 0.2) is 29.2 Å². The molecule has 6 heteroatoms. The van der Waals surface area contributed by atoms with E-state index >= 15 is 0 Å². The van der Waals surface area contributed by atoms with Gasteiger partial charge < -0.3 is 5.11 Å². The minimum atomic E-state index is -3.57. The molecule has 0 aliphatic carbocycles. The van der Waals surface area contributed by atoms with Crippen LogP contribution < -0.4 is 0 Å². The minimum Gasteiger partial charge on any atom is -0.481 e. The van der Waals surface area contributed by atoms with Crippen molar-refractivity contribution in [1.29, 1.82) is 0 Å². The zero-order valence-corrected chi connectivity index (χ0v) is 12.3. The van der Waals surface area contributed by atoms with E-state index in [1.165, 1.54) is 4.31 Å². The Morgan fingerprint density at radius 2 is 2.00 bits per heavy atom. The molecule has 0 aromatic heterocycles. The Morgan fingerprint density at radius 1 is 1.35 bits per heavy atom. The number of rotatable bonds is 5. The average molecular weight is 297 g/mol. The molecule has 2 rings (SSSR count). The third kappa shape index (κ3) is 3.02. The molecule has 1 aromatic carbocycles. The third-order valence-corrected chi connectivity index (χ3v) is 5.48. The number of hydrogen-bond donors (Lipinski definition) is 1. The number of carboxylic acids is 1. The first-order valence-corrected chi connectivity index (χ1v) is 8.21. The highest BCUT2D eigenvalue weighted by molar-refractivity contribution is 7.89. The molecule has 1 unspecified atom stereocenters. The Balaban J connectivity index is 2.16. The van der Waals surface area contributed by atoms with E-state index < -0.39 is 21.9 Å². The molecule has 1 heterocycles. The van der Waals surface area contributed by atoms with Crippen molar-refractivity contribution in [1.82, 2.24) is 4.31 Å². The lowest BCUT2D eigenvalue weighted by Gasteiger charge is -2.16. The van der Waals surface area contributed by atoms with Gasteiger partial charge in [-0.25, -0.2) is 8.42 Å². The molecule has 1 aliphatic heterocycles. The third-order valence-electron chi connectivity index (χ3n) is 3.60. The van der Waals surface area contributed by atoms with Gasteiger partial charge in [-0.1, -0.05) is 25.5 Å². The van der Waals surface area contributed by atoms with Crippen LogP contribution in [0.4, 0.5) is 0 Å². The first-order valence-electron chi connectivity index (χ1n) is 6.77. The fraction of sp³-hybridized carbons (Fsp3) is 0.500. The van der Waals surface area contributed by atoms with Gasteiger partial charge in [-0.05, 0) is 30.5 Å². The number of hydrogen-bond acceptors (Lipinski definition) is 3. The van der Waals surface area contributed by atoms with Gasteiger partial charge in [-0.3, -0.25) is 4.79 Å². The predicted molar refractivity (Wildman–Crippen MR) is 74.9 cm³/mol. The van der Waals surface area contributed by atoms with Crippen LogP contribution in [0.2, 0.25) is 0 Å². The lowest BCUT2D eigenvalue weighted by atomic mass is 10.1. The second-order valence-electron chi connectivity index (χ2n) is 5.08. The maximum absolute atomic E-state index is 12.4. The summed E-state index contributed by atoms with van der Waals surface area (Å²) < 4.78 is 26.1. The van der Waals surface area contributed by atoms with Crippen molar-refractivity contribution in [3.05, 3.63) is 29.8 Å². The van der Waals surface area contributed by atoms with E-state index in [1.807, 2.05) is 12.1 Å². The van der Waals surface area contributed by atoms with Gasteiger partial charge in [0.15, 0.2) is 0 Å². The summed E-state index contributed by atoms with van der Waals surface area (Å²) in [7, 11) is -3.57. The Kier molecular flexibility index (Phi) is 4.45. The van der Waals surface area contributed by atoms with E-state index in [0.717, 1.165) is 18.4 Å². The summed E-state index contributed by atoms with van der Waals surface area (Å²) in [5.74, 6) is -1.52. The standard InChI is InChI=1S/C14H19NO4S/c1-2-3-11-4-6-13(7-5-11)20(18,19)15-9-8-12(10-15)14(16)17/h4-7,12H,2-3,8-10H2,1H3,(H,16,17). The summed E-state index contributed by atoms with van der Waals surface area (Å²) in [6.07, 6.45) is 2.31. The van der Waals surface area contributed by atoms with Gasteiger partial charge in [-0.15, -0.1) is 0 Å². The van der Waals surface area contributed by atoms with E-state index in [2.05, 4.69) is 6.92 Å². The summed E-state index contributed by atoms with van der Waals surface area (Å²) >= 11 is 0. The van der Waals surface area contributed by atoms with Gasteiger partial charge in [-0.2, -0.15) is 4.31 Å². The van der Waals surface area contributed by atoms with Gasteiger partial charge in [0.05, 0.1) is 10.8 Å². The Labute approximate surface area is 119 Å². The van der Waals surface area contributed by atoms with E-state index in [1.54, 1.807) is 12.1 Å². The molecular formula is C14H19NO4S. The lowest BCUT2D eigenvalue weighted by molar-refractivity contribution is -0.141. The molecule has 0 saturated carbocycles. The van der Waals surface area contributed by atoms with Crippen LogP contribution in [-0.2, 0) is 21.2 Å². The van der Waals surface area contributed by atoms with E-state index in [0.29, 0.717) is 6.42 Å². The molecule has 20 heavy (non-hydrogen) atoms. The zero-order chi connectivity index (χ0) is 14.8. The van der Waals surface area contributed by atoms with Crippen molar-refractivity contribution in [2.45, 2.75) is 31.1 Å². The topological polar surface area (TPSA) is 74.7 Å². The predicted octanol–water partition coefficient (Wildman–Crippen LogP) is 1.73. The first-order chi connectivity index (χ1) is 9.45. The van der Waals surface area contributed by atoms with Crippen LogP contribution in [0.5, 0.6) is 0 Å². The van der Waals surface area contributed by atoms with Crippen LogP contribution in [0.25, 0.3) is 0 Å². The van der Waals surface area contributed by atoms with Gasteiger partial charge >= 0.3 is 5.97 Å². The van der Waals surface area contributed by atoms with Crippen LogP contribution in [0, 0.1) is 5.92 Å². The Hall–Kier alpha value is -1.40. The van der Waals surface area contributed by atoms with E-state index in [-0.39, 0.29) is 18.0 Å². The Bertz CT molecular complexity index is 580. The van der Waals surface area contributed by atoms with Crippen molar-refractivity contribution in [2.75, 3.05) is 13.1 Å². The summed E-state index contributed by atoms with van der Waals surface area (Å²) in [5, 5.41) is 8.94. The molecule has 5 nitrogen and oxygen atoms in total. The largest absolute Gasteiger partial charge is 0.481 e. The molecule has 0 amide bonds. The summed E-state index contributed by atoms with van der Waals surface area (Å²) in [6.45, 7) is 2.41. The summed E-state index contributed by atoms with van der Waals surface area (Å²) in [4.78, 5) is 11.1. The molecule has 1 aromatic rings. The fourth-order valence-electron chi connectivity index (χ4n) is 2.41. The number of aliphatic carboxylic acids is 1. The van der Waals surface area contributed by atoms with E-state index in [4.69, 9.17) is 5.11 Å².